The summed E-state index contributed by atoms with van der Waals surface area (Å²) >= 11 is 2.85. The molecule has 8 nitrogen and oxygen atoms in total. The first-order valence-electron chi connectivity index (χ1n) is 7.40. The molecule has 1 N–H and O–H groups in total. The molecular weight excluding hydrogens is 346 g/mol. The Labute approximate surface area is 147 Å². The Morgan fingerprint density at radius 2 is 2.08 bits per heavy atom. The molecule has 0 radical (unpaired) electrons. The molecule has 10 heteroatoms. The van der Waals surface area contributed by atoms with Crippen LogP contribution in [0.4, 0.5) is 5.13 Å². The predicted molar refractivity (Wildman–Crippen MR) is 93.7 cm³/mol. The molecule has 3 heterocycles. The molecule has 0 spiro atoms. The smallest absolute Gasteiger partial charge is 0.253 e. The summed E-state index contributed by atoms with van der Waals surface area (Å²) in [6, 6.07) is 0. The highest BCUT2D eigenvalue weighted by molar-refractivity contribution is 7.98. The maximum Gasteiger partial charge on any atom is 0.253 e. The van der Waals surface area contributed by atoms with E-state index in [1.54, 1.807) is 4.52 Å². The minimum atomic E-state index is -0.147. The van der Waals surface area contributed by atoms with Crippen LogP contribution in [0.25, 0.3) is 5.78 Å². The van der Waals surface area contributed by atoms with Crippen LogP contribution in [0.2, 0.25) is 0 Å². The fraction of sp³-hybridized carbons (Fsp3) is 0.429. The van der Waals surface area contributed by atoms with E-state index in [1.165, 1.54) is 23.1 Å². The quantitative estimate of drug-likeness (QED) is 0.693. The van der Waals surface area contributed by atoms with Crippen molar-refractivity contribution in [1.29, 1.82) is 0 Å². The zero-order valence-electron chi connectivity index (χ0n) is 13.8. The molecule has 0 atom stereocenters. The molecule has 1 amide bonds. The Morgan fingerprint density at radius 1 is 1.29 bits per heavy atom. The summed E-state index contributed by atoms with van der Waals surface area (Å²) < 4.78 is 1.68. The second kappa shape index (κ2) is 6.81. The van der Waals surface area contributed by atoms with Crippen LogP contribution in [0.1, 0.15) is 28.9 Å². The van der Waals surface area contributed by atoms with Crippen LogP contribution in [0.15, 0.2) is 5.16 Å². The summed E-state index contributed by atoms with van der Waals surface area (Å²) in [5.74, 6) is 0.404. The van der Waals surface area contributed by atoms with Gasteiger partial charge in [-0.2, -0.15) is 4.98 Å². The number of aromatic nitrogens is 6. The molecule has 3 rings (SSSR count). The highest BCUT2D eigenvalue weighted by atomic mass is 32.2. The third-order valence-corrected chi connectivity index (χ3v) is 5.09. The number of carbonyl (C=O) groups is 1. The fourth-order valence-electron chi connectivity index (χ4n) is 2.30. The molecule has 3 aromatic heterocycles. The van der Waals surface area contributed by atoms with Crippen LogP contribution in [-0.4, -0.2) is 41.9 Å². The standard InChI is InChI=1S/C14H17N7OS2/c1-5-11-18-19-13(24-11)16-10(22)6-9-7(2)15-12-17-14(23-4)20-21(12)8(9)3/h5-6H2,1-4H3,(H,16,19,22). The Morgan fingerprint density at radius 3 is 2.75 bits per heavy atom. The lowest BCUT2D eigenvalue weighted by Crippen LogP contribution is -2.17. The van der Waals surface area contributed by atoms with Crippen LogP contribution >= 0.6 is 23.1 Å². The number of nitrogens with one attached hydrogen (secondary N) is 1. The van der Waals surface area contributed by atoms with E-state index in [9.17, 15) is 4.79 Å². The molecule has 0 aliphatic carbocycles. The van der Waals surface area contributed by atoms with Crippen molar-refractivity contribution in [3.05, 3.63) is 22.0 Å². The number of fused-ring (bicyclic) bond motifs is 1. The maximum atomic E-state index is 12.3. The van der Waals surface area contributed by atoms with Crippen molar-refractivity contribution < 1.29 is 4.79 Å². The first-order valence-corrected chi connectivity index (χ1v) is 9.45. The average Bonchev–Trinajstić information content (AvgIpc) is 3.17. The van der Waals surface area contributed by atoms with E-state index in [-0.39, 0.29) is 12.3 Å². The largest absolute Gasteiger partial charge is 0.300 e. The summed E-state index contributed by atoms with van der Waals surface area (Å²) in [5, 5.41) is 17.2. The van der Waals surface area contributed by atoms with Gasteiger partial charge in [0.1, 0.15) is 5.01 Å². The number of thioether (sulfide) groups is 1. The second-order valence-electron chi connectivity index (χ2n) is 5.15. The van der Waals surface area contributed by atoms with Gasteiger partial charge in [-0.15, -0.1) is 15.3 Å². The molecule has 0 saturated heterocycles. The molecule has 24 heavy (non-hydrogen) atoms. The second-order valence-corrected chi connectivity index (χ2v) is 6.99. The highest BCUT2D eigenvalue weighted by Gasteiger charge is 2.16. The van der Waals surface area contributed by atoms with Crippen molar-refractivity contribution in [3.63, 3.8) is 0 Å². The van der Waals surface area contributed by atoms with E-state index in [4.69, 9.17) is 0 Å². The molecule has 0 aliphatic rings. The number of hydrogen-bond acceptors (Lipinski definition) is 8. The molecule has 0 unspecified atom stereocenters. The lowest BCUT2D eigenvalue weighted by molar-refractivity contribution is -0.115. The van der Waals surface area contributed by atoms with Crippen molar-refractivity contribution in [2.75, 3.05) is 11.6 Å². The van der Waals surface area contributed by atoms with Gasteiger partial charge in [-0.1, -0.05) is 30.0 Å². The molecule has 0 bridgehead atoms. The summed E-state index contributed by atoms with van der Waals surface area (Å²) in [5.41, 5.74) is 2.49. The van der Waals surface area contributed by atoms with E-state index in [2.05, 4.69) is 30.6 Å². The van der Waals surface area contributed by atoms with Gasteiger partial charge in [-0.05, 0) is 26.5 Å². The molecule has 0 fully saturated rings. The van der Waals surface area contributed by atoms with Crippen molar-refractivity contribution in [2.24, 2.45) is 0 Å². The Bertz CT molecular complexity index is 902. The lowest BCUT2D eigenvalue weighted by atomic mass is 10.1. The Balaban J connectivity index is 1.84. The summed E-state index contributed by atoms with van der Waals surface area (Å²) in [4.78, 5) is 21.1. The van der Waals surface area contributed by atoms with E-state index in [1.807, 2.05) is 27.0 Å². The van der Waals surface area contributed by atoms with Gasteiger partial charge in [0, 0.05) is 17.0 Å². The zero-order valence-corrected chi connectivity index (χ0v) is 15.5. The van der Waals surface area contributed by atoms with Crippen LogP contribution in [-0.2, 0) is 17.6 Å². The van der Waals surface area contributed by atoms with Crippen molar-refractivity contribution >= 4 is 39.9 Å². The van der Waals surface area contributed by atoms with Gasteiger partial charge in [-0.25, -0.2) is 9.50 Å². The van der Waals surface area contributed by atoms with Gasteiger partial charge in [-0.3, -0.25) is 4.79 Å². The van der Waals surface area contributed by atoms with Crippen molar-refractivity contribution in [3.8, 4) is 0 Å². The van der Waals surface area contributed by atoms with Crippen molar-refractivity contribution in [2.45, 2.75) is 38.8 Å². The van der Waals surface area contributed by atoms with E-state index in [0.717, 1.165) is 28.4 Å². The van der Waals surface area contributed by atoms with E-state index in [0.29, 0.717) is 16.1 Å². The molecular formula is C14H17N7OS2. The Kier molecular flexibility index (Phi) is 4.76. The average molecular weight is 363 g/mol. The SMILES string of the molecule is CCc1nnc(NC(=O)Cc2c(C)nc3nc(SC)nn3c2C)s1. The van der Waals surface area contributed by atoms with Crippen LogP contribution in [0.5, 0.6) is 0 Å². The van der Waals surface area contributed by atoms with Crippen LogP contribution in [0.3, 0.4) is 0 Å². The highest BCUT2D eigenvalue weighted by Crippen LogP contribution is 2.19. The number of hydrogen-bond donors (Lipinski definition) is 1. The van der Waals surface area contributed by atoms with E-state index < -0.39 is 0 Å². The predicted octanol–water partition coefficient (Wildman–Crippen LogP) is 2.06. The van der Waals surface area contributed by atoms with Gasteiger partial charge in [0.15, 0.2) is 0 Å². The lowest BCUT2D eigenvalue weighted by Gasteiger charge is -2.09. The van der Waals surface area contributed by atoms with Crippen molar-refractivity contribution in [1.82, 2.24) is 29.8 Å². The summed E-state index contributed by atoms with van der Waals surface area (Å²) in [6.07, 6.45) is 2.92. The fourth-order valence-corrected chi connectivity index (χ4v) is 3.34. The van der Waals surface area contributed by atoms with E-state index >= 15 is 0 Å². The zero-order chi connectivity index (χ0) is 17.3. The number of carbonyl (C=O) groups excluding carboxylic acids is 1. The van der Waals surface area contributed by atoms with Gasteiger partial charge >= 0.3 is 0 Å². The molecule has 126 valence electrons. The first-order chi connectivity index (χ1) is 11.5. The molecule has 0 aliphatic heterocycles. The molecule has 3 aromatic rings. The first kappa shape index (κ1) is 16.8. The van der Waals surface area contributed by atoms with Gasteiger partial charge < -0.3 is 5.32 Å². The van der Waals surface area contributed by atoms with Crippen LogP contribution in [0, 0.1) is 13.8 Å². The monoisotopic (exact) mass is 363 g/mol. The maximum absolute atomic E-state index is 12.3. The number of rotatable bonds is 5. The number of amides is 1. The Hall–Kier alpha value is -2.07. The summed E-state index contributed by atoms with van der Waals surface area (Å²) in [7, 11) is 0. The third-order valence-electron chi connectivity index (χ3n) is 3.57. The topological polar surface area (TPSA) is 98.0 Å². The van der Waals surface area contributed by atoms with Crippen LogP contribution < -0.4 is 5.32 Å². The third kappa shape index (κ3) is 3.24. The number of nitrogens with zero attached hydrogens (tertiary/aromatic N) is 6. The molecule has 0 saturated carbocycles. The number of anilines is 1. The minimum absolute atomic E-state index is 0.147. The van der Waals surface area contributed by atoms with Gasteiger partial charge in [0.05, 0.1) is 6.42 Å². The summed E-state index contributed by atoms with van der Waals surface area (Å²) in [6.45, 7) is 5.80. The molecule has 0 aromatic carbocycles. The van der Waals surface area contributed by atoms with Gasteiger partial charge in [0.25, 0.3) is 5.78 Å². The normalized spacial score (nSPS) is 11.2. The minimum Gasteiger partial charge on any atom is -0.300 e. The van der Waals surface area contributed by atoms with Gasteiger partial charge in [0.2, 0.25) is 16.2 Å². The number of aryl methyl sites for hydroxylation is 3.